The smallest absolute Gasteiger partial charge is 0.0568 e. The van der Waals surface area contributed by atoms with E-state index in [9.17, 15) is 0 Å². The summed E-state index contributed by atoms with van der Waals surface area (Å²) in [5.74, 6) is 0. The minimum absolute atomic E-state index is 0.993. The molecule has 54 heavy (non-hydrogen) atoms. The van der Waals surface area contributed by atoms with E-state index in [1.54, 1.807) is 12.4 Å². The maximum atomic E-state index is 4.27. The van der Waals surface area contributed by atoms with E-state index >= 15 is 0 Å². The van der Waals surface area contributed by atoms with E-state index in [1.807, 2.05) is 30.3 Å². The Bertz CT molecular complexity index is 3010. The quantitative estimate of drug-likeness (QED) is 0.118. The maximum absolute atomic E-state index is 4.27. The van der Waals surface area contributed by atoms with E-state index in [-0.39, 0.29) is 0 Å². The number of nitrogens with zero attached hydrogens (tertiary/aromatic N) is 4. The highest BCUT2D eigenvalue weighted by molar-refractivity contribution is 6.13. The van der Waals surface area contributed by atoms with Gasteiger partial charge in [-0.15, -0.1) is 0 Å². The lowest BCUT2D eigenvalue weighted by molar-refractivity contribution is 1.18. The average Bonchev–Trinajstić information content (AvgIpc) is 3.75. The molecule has 0 spiro atoms. The SMILES string of the molecule is C(=NN=Cc1ccc(-n2c3ccccc3c3cc(-c4ccc5c(c4)c4cc(-c6ccccc6)ccc4n5-c4ccccc4)ccc32)cc1)c1ccccc1. The Morgan fingerprint density at radius 1 is 0.296 bits per heavy atom. The molecule has 0 saturated carbocycles. The number of para-hydroxylation sites is 2. The van der Waals surface area contributed by atoms with Crippen molar-refractivity contribution in [1.29, 1.82) is 0 Å². The second kappa shape index (κ2) is 13.4. The molecule has 2 heterocycles. The second-order valence-corrected chi connectivity index (χ2v) is 13.6. The number of benzene rings is 8. The van der Waals surface area contributed by atoms with E-state index in [4.69, 9.17) is 0 Å². The molecule has 0 fully saturated rings. The van der Waals surface area contributed by atoms with Crippen molar-refractivity contribution in [2.24, 2.45) is 10.2 Å². The number of hydrogen-bond donors (Lipinski definition) is 0. The molecule has 0 aliphatic carbocycles. The fourth-order valence-corrected chi connectivity index (χ4v) is 7.75. The second-order valence-electron chi connectivity index (χ2n) is 13.6. The third-order valence-electron chi connectivity index (χ3n) is 10.3. The minimum Gasteiger partial charge on any atom is -0.309 e. The highest BCUT2D eigenvalue weighted by Crippen LogP contribution is 2.39. The number of rotatable bonds is 7. The van der Waals surface area contributed by atoms with Crippen LogP contribution in [0.5, 0.6) is 0 Å². The normalized spacial score (nSPS) is 11.9. The van der Waals surface area contributed by atoms with Crippen LogP contribution in [0.15, 0.2) is 204 Å². The Balaban J connectivity index is 1.06. The van der Waals surface area contributed by atoms with Crippen molar-refractivity contribution in [3.63, 3.8) is 0 Å². The molecule has 0 unspecified atom stereocenters. The molecule has 0 aliphatic rings. The van der Waals surface area contributed by atoms with E-state index < -0.39 is 0 Å². The molecule has 10 aromatic rings. The highest BCUT2D eigenvalue weighted by Gasteiger charge is 2.17. The van der Waals surface area contributed by atoms with Gasteiger partial charge in [0.2, 0.25) is 0 Å². The minimum atomic E-state index is 0.993. The molecule has 4 nitrogen and oxygen atoms in total. The van der Waals surface area contributed by atoms with Crippen LogP contribution in [-0.2, 0) is 0 Å². The standard InChI is InChI=1S/C50H34N4/c1-4-12-35(13-5-1)33-51-52-34-36-20-25-42(26-21-36)54-47-19-11-10-18-43(47)44-31-39(23-28-48(44)54)40-24-29-50-46(32-40)45-30-38(37-14-6-2-7-15-37)22-27-49(45)53(50)41-16-8-3-9-17-41/h1-34H. The van der Waals surface area contributed by atoms with E-state index in [0.717, 1.165) is 22.5 Å². The van der Waals surface area contributed by atoms with Gasteiger partial charge in [0.15, 0.2) is 0 Å². The zero-order valence-electron chi connectivity index (χ0n) is 29.4. The molecule has 0 amide bonds. The monoisotopic (exact) mass is 690 g/mol. The fraction of sp³-hybridized carbons (Fsp3) is 0. The lowest BCUT2D eigenvalue weighted by Gasteiger charge is -2.09. The Morgan fingerprint density at radius 3 is 1.28 bits per heavy atom. The summed E-state index contributed by atoms with van der Waals surface area (Å²) in [6.45, 7) is 0. The summed E-state index contributed by atoms with van der Waals surface area (Å²) < 4.78 is 4.74. The van der Waals surface area contributed by atoms with Crippen LogP contribution in [0, 0.1) is 0 Å². The van der Waals surface area contributed by atoms with Crippen LogP contribution in [0.2, 0.25) is 0 Å². The molecule has 0 atom stereocenters. The summed E-state index contributed by atoms with van der Waals surface area (Å²) in [6.07, 6.45) is 3.55. The highest BCUT2D eigenvalue weighted by atomic mass is 15.2. The molecule has 0 saturated heterocycles. The van der Waals surface area contributed by atoms with E-state index in [2.05, 4.69) is 183 Å². The zero-order valence-corrected chi connectivity index (χ0v) is 29.4. The Kier molecular flexibility index (Phi) is 7.77. The molecular formula is C50H34N4. The van der Waals surface area contributed by atoms with Crippen molar-refractivity contribution in [2.45, 2.75) is 0 Å². The van der Waals surface area contributed by atoms with Crippen molar-refractivity contribution >= 4 is 56.0 Å². The van der Waals surface area contributed by atoms with Crippen LogP contribution in [0.25, 0.3) is 77.2 Å². The molecule has 8 aromatic carbocycles. The van der Waals surface area contributed by atoms with E-state index in [0.29, 0.717) is 0 Å². The van der Waals surface area contributed by atoms with Gasteiger partial charge in [-0.1, -0.05) is 127 Å². The van der Waals surface area contributed by atoms with Crippen molar-refractivity contribution in [2.75, 3.05) is 0 Å². The summed E-state index contributed by atoms with van der Waals surface area (Å²) >= 11 is 0. The van der Waals surface area contributed by atoms with Crippen molar-refractivity contribution < 1.29 is 0 Å². The largest absolute Gasteiger partial charge is 0.309 e. The Labute approximate surface area is 313 Å². The van der Waals surface area contributed by atoms with E-state index in [1.165, 1.54) is 65.9 Å². The van der Waals surface area contributed by atoms with Gasteiger partial charge in [-0.2, -0.15) is 10.2 Å². The van der Waals surface area contributed by atoms with Crippen molar-refractivity contribution in [3.05, 3.63) is 205 Å². The number of aromatic nitrogens is 2. The first-order chi connectivity index (χ1) is 26.8. The Morgan fingerprint density at radius 2 is 0.704 bits per heavy atom. The summed E-state index contributed by atoms with van der Waals surface area (Å²) in [6, 6.07) is 69.1. The molecule has 254 valence electrons. The van der Waals surface area contributed by atoms with Gasteiger partial charge in [-0.25, -0.2) is 0 Å². The van der Waals surface area contributed by atoms with Gasteiger partial charge in [-0.3, -0.25) is 0 Å². The van der Waals surface area contributed by atoms with Crippen LogP contribution in [0.4, 0.5) is 0 Å². The average molecular weight is 691 g/mol. The van der Waals surface area contributed by atoms with Gasteiger partial charge < -0.3 is 9.13 Å². The molecule has 0 aliphatic heterocycles. The van der Waals surface area contributed by atoms with Crippen molar-refractivity contribution in [1.82, 2.24) is 9.13 Å². The zero-order chi connectivity index (χ0) is 35.8. The summed E-state index contributed by atoms with van der Waals surface area (Å²) in [7, 11) is 0. The molecule has 2 aromatic heterocycles. The first-order valence-corrected chi connectivity index (χ1v) is 18.2. The molecule has 0 radical (unpaired) electrons. The van der Waals surface area contributed by atoms with Crippen LogP contribution in [0.3, 0.4) is 0 Å². The van der Waals surface area contributed by atoms with Gasteiger partial charge in [0, 0.05) is 32.9 Å². The summed E-state index contributed by atoms with van der Waals surface area (Å²) in [4.78, 5) is 0. The van der Waals surface area contributed by atoms with Crippen LogP contribution < -0.4 is 0 Å². The molecule has 0 bridgehead atoms. The van der Waals surface area contributed by atoms with Crippen LogP contribution in [0.1, 0.15) is 11.1 Å². The first kappa shape index (κ1) is 31.4. The van der Waals surface area contributed by atoms with Gasteiger partial charge in [-0.05, 0) is 100 Å². The molecule has 4 heteroatoms. The van der Waals surface area contributed by atoms with Crippen molar-refractivity contribution in [3.8, 4) is 33.6 Å². The number of hydrogen-bond acceptors (Lipinski definition) is 2. The predicted molar refractivity (Wildman–Crippen MR) is 228 cm³/mol. The van der Waals surface area contributed by atoms with Gasteiger partial charge >= 0.3 is 0 Å². The van der Waals surface area contributed by atoms with Crippen LogP contribution in [-0.4, -0.2) is 21.6 Å². The summed E-state index contributed by atoms with van der Waals surface area (Å²) in [5, 5.41) is 13.4. The molecular weight excluding hydrogens is 657 g/mol. The third kappa shape index (κ3) is 5.58. The maximum Gasteiger partial charge on any atom is 0.0568 e. The third-order valence-corrected chi connectivity index (χ3v) is 10.3. The first-order valence-electron chi connectivity index (χ1n) is 18.2. The Hall–Kier alpha value is -7.30. The molecule has 0 N–H and O–H groups in total. The number of fused-ring (bicyclic) bond motifs is 6. The van der Waals surface area contributed by atoms with Gasteiger partial charge in [0.05, 0.1) is 34.5 Å². The fourth-order valence-electron chi connectivity index (χ4n) is 7.75. The lowest BCUT2D eigenvalue weighted by Crippen LogP contribution is -1.94. The lowest BCUT2D eigenvalue weighted by atomic mass is 9.99. The van der Waals surface area contributed by atoms with Crippen LogP contribution >= 0.6 is 0 Å². The molecule has 10 rings (SSSR count). The topological polar surface area (TPSA) is 34.6 Å². The summed E-state index contributed by atoms with van der Waals surface area (Å²) in [5.41, 5.74) is 13.8. The predicted octanol–water partition coefficient (Wildman–Crippen LogP) is 12.7. The van der Waals surface area contributed by atoms with Gasteiger partial charge in [0.25, 0.3) is 0 Å². The van der Waals surface area contributed by atoms with Gasteiger partial charge in [0.1, 0.15) is 0 Å².